The lowest BCUT2D eigenvalue weighted by molar-refractivity contribution is 0.487. The van der Waals surface area contributed by atoms with E-state index in [9.17, 15) is 9.59 Å². The normalized spacial score (nSPS) is 14.5. The molecule has 140 valence electrons. The molecule has 0 bridgehead atoms. The first-order valence-corrected chi connectivity index (χ1v) is 8.98. The van der Waals surface area contributed by atoms with E-state index < -0.39 is 0 Å². The fraction of sp³-hybridized carbons (Fsp3) is 0.556. The van der Waals surface area contributed by atoms with Gasteiger partial charge in [0.1, 0.15) is 0 Å². The Morgan fingerprint density at radius 3 is 2.65 bits per heavy atom. The summed E-state index contributed by atoms with van der Waals surface area (Å²) in [5.41, 5.74) is 1.17. The molecule has 0 amide bonds. The van der Waals surface area contributed by atoms with E-state index in [1.54, 1.807) is 12.1 Å². The first kappa shape index (κ1) is 18.2. The summed E-state index contributed by atoms with van der Waals surface area (Å²) in [5, 5.41) is 6.30. The lowest BCUT2D eigenvalue weighted by Gasteiger charge is -2.23. The predicted molar refractivity (Wildman–Crippen MR) is 104 cm³/mol. The summed E-state index contributed by atoms with van der Waals surface area (Å²) in [6.07, 6.45) is 4.70. The van der Waals surface area contributed by atoms with E-state index in [1.807, 2.05) is 30.6 Å². The summed E-state index contributed by atoms with van der Waals surface area (Å²) in [6.45, 7) is 9.50. The Hall–Kier alpha value is -2.64. The molecule has 3 rings (SSSR count). The number of imidazole rings is 1. The highest BCUT2D eigenvalue weighted by Gasteiger charge is 2.26. The largest absolute Gasteiger partial charge is 0.332 e. The van der Waals surface area contributed by atoms with E-state index in [0.29, 0.717) is 42.7 Å². The van der Waals surface area contributed by atoms with Crippen LogP contribution in [0, 0.1) is 5.92 Å². The van der Waals surface area contributed by atoms with Crippen LogP contribution in [0.5, 0.6) is 0 Å². The Balaban J connectivity index is 2.23. The zero-order valence-electron chi connectivity index (χ0n) is 16.1. The van der Waals surface area contributed by atoms with E-state index in [1.165, 1.54) is 9.13 Å². The molecule has 3 heterocycles. The molecule has 2 aromatic heterocycles. The quantitative estimate of drug-likeness (QED) is 0.763. The first-order chi connectivity index (χ1) is 12.3. The van der Waals surface area contributed by atoms with Crippen LogP contribution in [0.4, 0.5) is 5.95 Å². The van der Waals surface area contributed by atoms with Gasteiger partial charge in [-0.25, -0.2) is 9.80 Å². The standard InChI is InChI=1S/C18H26N6O2/c1-6-7-9-24-17-19-15-14(23(17)11-13(4)20-24)16(25)22(10-8-12(2)3)18(26)21(15)5/h6-7,12H,8-11H2,1-5H3. The number of fused-ring (bicyclic) bond motifs is 3. The zero-order chi connectivity index (χ0) is 19.0. The van der Waals surface area contributed by atoms with Gasteiger partial charge in [-0.3, -0.25) is 18.5 Å². The Bertz CT molecular complexity index is 1010. The van der Waals surface area contributed by atoms with Crippen LogP contribution < -0.4 is 16.3 Å². The molecule has 0 radical (unpaired) electrons. The number of nitrogens with zero attached hydrogens (tertiary/aromatic N) is 6. The molecule has 0 N–H and O–H groups in total. The number of aromatic nitrogens is 4. The lowest BCUT2D eigenvalue weighted by atomic mass is 10.1. The van der Waals surface area contributed by atoms with Crippen molar-refractivity contribution in [2.75, 3.05) is 11.6 Å². The van der Waals surface area contributed by atoms with Crippen LogP contribution >= 0.6 is 0 Å². The molecular formula is C18H26N6O2. The second kappa shape index (κ2) is 6.93. The van der Waals surface area contributed by atoms with Gasteiger partial charge in [0.05, 0.1) is 18.8 Å². The summed E-state index contributed by atoms with van der Waals surface area (Å²) in [5.74, 6) is 1.00. The van der Waals surface area contributed by atoms with Gasteiger partial charge in [0, 0.05) is 13.6 Å². The zero-order valence-corrected chi connectivity index (χ0v) is 16.1. The average molecular weight is 358 g/mol. The smallest absolute Gasteiger partial charge is 0.297 e. The van der Waals surface area contributed by atoms with Crippen molar-refractivity contribution in [2.45, 2.75) is 47.2 Å². The van der Waals surface area contributed by atoms with Gasteiger partial charge < -0.3 is 0 Å². The number of hydrazone groups is 1. The molecule has 26 heavy (non-hydrogen) atoms. The van der Waals surface area contributed by atoms with Crippen molar-refractivity contribution in [3.8, 4) is 0 Å². The third kappa shape index (κ3) is 3.00. The Labute approximate surface area is 152 Å². The van der Waals surface area contributed by atoms with E-state index in [2.05, 4.69) is 23.9 Å². The molecule has 0 aromatic carbocycles. The lowest BCUT2D eigenvalue weighted by Crippen LogP contribution is -2.40. The molecule has 0 saturated heterocycles. The average Bonchev–Trinajstić information content (AvgIpc) is 2.97. The molecule has 1 aliphatic heterocycles. The van der Waals surface area contributed by atoms with Gasteiger partial charge in [-0.05, 0) is 26.2 Å². The Morgan fingerprint density at radius 1 is 1.27 bits per heavy atom. The van der Waals surface area contributed by atoms with Crippen LogP contribution in [0.1, 0.15) is 34.1 Å². The Kier molecular flexibility index (Phi) is 4.84. The summed E-state index contributed by atoms with van der Waals surface area (Å²) in [7, 11) is 1.67. The number of rotatable bonds is 5. The maximum Gasteiger partial charge on any atom is 0.332 e. The van der Waals surface area contributed by atoms with Crippen molar-refractivity contribution in [3.63, 3.8) is 0 Å². The number of hydrogen-bond donors (Lipinski definition) is 0. The van der Waals surface area contributed by atoms with Crippen molar-refractivity contribution in [2.24, 2.45) is 18.1 Å². The number of aryl methyl sites for hydroxylation is 1. The highest BCUT2D eigenvalue weighted by molar-refractivity contribution is 5.87. The molecule has 0 unspecified atom stereocenters. The van der Waals surface area contributed by atoms with E-state index in [-0.39, 0.29) is 11.2 Å². The molecular weight excluding hydrogens is 332 g/mol. The van der Waals surface area contributed by atoms with Crippen molar-refractivity contribution in [1.82, 2.24) is 18.7 Å². The topological polar surface area (TPSA) is 77.4 Å². The van der Waals surface area contributed by atoms with E-state index in [0.717, 1.165) is 12.1 Å². The predicted octanol–water partition coefficient (Wildman–Crippen LogP) is 1.71. The van der Waals surface area contributed by atoms with E-state index in [4.69, 9.17) is 0 Å². The van der Waals surface area contributed by atoms with E-state index >= 15 is 0 Å². The van der Waals surface area contributed by atoms with Crippen molar-refractivity contribution in [3.05, 3.63) is 33.0 Å². The molecule has 2 aromatic rings. The van der Waals surface area contributed by atoms with Gasteiger partial charge in [0.2, 0.25) is 5.95 Å². The van der Waals surface area contributed by atoms with Crippen LogP contribution in [0.3, 0.4) is 0 Å². The molecule has 0 atom stereocenters. The molecule has 0 aliphatic carbocycles. The number of allylic oxidation sites excluding steroid dienone is 1. The van der Waals surface area contributed by atoms with Gasteiger partial charge in [-0.1, -0.05) is 26.0 Å². The van der Waals surface area contributed by atoms with Crippen LogP contribution in [-0.4, -0.2) is 30.9 Å². The second-order valence-electron chi connectivity index (χ2n) is 7.14. The molecule has 0 saturated carbocycles. The van der Waals surface area contributed by atoms with Crippen molar-refractivity contribution in [1.29, 1.82) is 0 Å². The minimum atomic E-state index is -0.323. The minimum Gasteiger partial charge on any atom is -0.297 e. The summed E-state index contributed by atoms with van der Waals surface area (Å²) in [6, 6.07) is 0. The van der Waals surface area contributed by atoms with Gasteiger partial charge in [-0.15, -0.1) is 0 Å². The highest BCUT2D eigenvalue weighted by Crippen LogP contribution is 2.23. The second-order valence-corrected chi connectivity index (χ2v) is 7.14. The first-order valence-electron chi connectivity index (χ1n) is 8.98. The molecule has 0 spiro atoms. The molecule has 0 fully saturated rings. The van der Waals surface area contributed by atoms with Gasteiger partial charge >= 0.3 is 5.69 Å². The highest BCUT2D eigenvalue weighted by atomic mass is 16.2. The van der Waals surface area contributed by atoms with Crippen LogP contribution in [-0.2, 0) is 20.1 Å². The van der Waals surface area contributed by atoms with Crippen LogP contribution in [0.15, 0.2) is 26.8 Å². The maximum atomic E-state index is 13.1. The van der Waals surface area contributed by atoms with Gasteiger partial charge in [-0.2, -0.15) is 10.1 Å². The van der Waals surface area contributed by atoms with Gasteiger partial charge in [0.25, 0.3) is 5.56 Å². The Morgan fingerprint density at radius 2 is 2.00 bits per heavy atom. The number of anilines is 1. The van der Waals surface area contributed by atoms with Crippen LogP contribution in [0.2, 0.25) is 0 Å². The monoisotopic (exact) mass is 358 g/mol. The SMILES string of the molecule is CC=CCN1N=C(C)Cn2c1nc1c2c(=O)n(CCC(C)C)c(=O)n1C. The molecule has 8 heteroatoms. The number of hydrogen-bond acceptors (Lipinski definition) is 5. The molecule has 1 aliphatic rings. The maximum absolute atomic E-state index is 13.1. The third-order valence-corrected chi connectivity index (χ3v) is 4.57. The van der Waals surface area contributed by atoms with Crippen molar-refractivity contribution >= 4 is 22.8 Å². The molecule has 8 nitrogen and oxygen atoms in total. The van der Waals surface area contributed by atoms with Crippen molar-refractivity contribution < 1.29 is 0 Å². The van der Waals surface area contributed by atoms with Crippen LogP contribution in [0.25, 0.3) is 11.2 Å². The summed E-state index contributed by atoms with van der Waals surface area (Å²) < 4.78 is 4.66. The van der Waals surface area contributed by atoms with Gasteiger partial charge in [0.15, 0.2) is 11.2 Å². The third-order valence-electron chi connectivity index (χ3n) is 4.57. The fourth-order valence-corrected chi connectivity index (χ4v) is 3.13. The minimum absolute atomic E-state index is 0.275. The fourth-order valence-electron chi connectivity index (χ4n) is 3.13. The summed E-state index contributed by atoms with van der Waals surface area (Å²) in [4.78, 5) is 30.3. The summed E-state index contributed by atoms with van der Waals surface area (Å²) >= 11 is 0.